The van der Waals surface area contributed by atoms with Gasteiger partial charge in [-0.15, -0.1) is 0 Å². The normalized spacial score (nSPS) is 20.0. The molecule has 1 saturated heterocycles. The van der Waals surface area contributed by atoms with E-state index in [1.165, 1.54) is 0 Å². The Morgan fingerprint density at radius 2 is 1.90 bits per heavy atom. The largest absolute Gasteiger partial charge is 0.444 e. The summed E-state index contributed by atoms with van der Waals surface area (Å²) in [5, 5.41) is 0.0908. The first-order valence-corrected chi connectivity index (χ1v) is 9.79. The van der Waals surface area contributed by atoms with Gasteiger partial charge in [-0.2, -0.15) is 0 Å². The van der Waals surface area contributed by atoms with Crippen LogP contribution in [0.5, 0.6) is 0 Å². The minimum atomic E-state index is -2.14. The zero-order valence-electron chi connectivity index (χ0n) is 14.1. The van der Waals surface area contributed by atoms with Crippen LogP contribution in [-0.4, -0.2) is 51.9 Å². The van der Waals surface area contributed by atoms with Crippen LogP contribution in [0.15, 0.2) is 4.36 Å². The lowest BCUT2D eigenvalue weighted by atomic mass is 10.1. The third kappa shape index (κ3) is 6.24. The van der Waals surface area contributed by atoms with Crippen molar-refractivity contribution in [1.29, 1.82) is 0 Å². The smallest absolute Gasteiger partial charge is 0.410 e. The Morgan fingerprint density at radius 1 is 1.33 bits per heavy atom. The highest BCUT2D eigenvalue weighted by atomic mass is 32.2. The Bertz CT molecular complexity index is 454. The van der Waals surface area contributed by atoms with E-state index in [0.717, 1.165) is 25.7 Å². The Labute approximate surface area is 129 Å². The number of rotatable bonds is 4. The summed E-state index contributed by atoms with van der Waals surface area (Å²) in [7, 11) is -2.14. The van der Waals surface area contributed by atoms with Crippen LogP contribution in [0.1, 0.15) is 53.4 Å². The van der Waals surface area contributed by atoms with Crippen molar-refractivity contribution in [2.24, 2.45) is 4.36 Å². The van der Waals surface area contributed by atoms with Crippen LogP contribution in [0.2, 0.25) is 0 Å². The summed E-state index contributed by atoms with van der Waals surface area (Å²) < 4.78 is 22.4. The maximum Gasteiger partial charge on any atom is 0.410 e. The molecule has 1 amide bonds. The first-order valence-electron chi connectivity index (χ1n) is 7.80. The zero-order chi connectivity index (χ0) is 16.1. The maximum atomic E-state index is 12.6. The summed E-state index contributed by atoms with van der Waals surface area (Å²) in [5.41, 5.74) is -0.471. The topological polar surface area (TPSA) is 59.0 Å². The SMILES string of the molecule is CCCCN=[S@](C)(=O)C1CCN(C(=O)OC(C)(C)C)CC1. The molecule has 0 radical (unpaired) electrons. The molecule has 0 spiro atoms. The van der Waals surface area contributed by atoms with Gasteiger partial charge in [-0.3, -0.25) is 0 Å². The highest BCUT2D eigenvalue weighted by Gasteiger charge is 2.30. The number of unbranched alkanes of at least 4 members (excludes halogenated alkanes) is 1. The Morgan fingerprint density at radius 3 is 2.38 bits per heavy atom. The molecule has 0 aromatic heterocycles. The van der Waals surface area contributed by atoms with Crippen molar-refractivity contribution in [3.05, 3.63) is 0 Å². The highest BCUT2D eigenvalue weighted by Crippen LogP contribution is 2.21. The van der Waals surface area contributed by atoms with Gasteiger partial charge in [-0.05, 0) is 40.0 Å². The van der Waals surface area contributed by atoms with Crippen molar-refractivity contribution >= 4 is 15.8 Å². The van der Waals surface area contributed by atoms with Crippen molar-refractivity contribution in [2.75, 3.05) is 25.9 Å². The molecule has 1 heterocycles. The molecular formula is C15H30N2O3S. The van der Waals surface area contributed by atoms with E-state index in [1.54, 1.807) is 11.2 Å². The lowest BCUT2D eigenvalue weighted by Gasteiger charge is -2.33. The first kappa shape index (κ1) is 18.3. The van der Waals surface area contributed by atoms with Crippen LogP contribution in [0.3, 0.4) is 0 Å². The van der Waals surface area contributed by atoms with Crippen LogP contribution >= 0.6 is 0 Å². The molecule has 1 atom stereocenters. The van der Waals surface area contributed by atoms with Gasteiger partial charge in [-0.1, -0.05) is 13.3 Å². The fraction of sp³-hybridized carbons (Fsp3) is 0.933. The van der Waals surface area contributed by atoms with Crippen LogP contribution in [0.25, 0.3) is 0 Å². The quantitative estimate of drug-likeness (QED) is 0.747. The number of nitrogens with zero attached hydrogens (tertiary/aromatic N) is 2. The van der Waals surface area contributed by atoms with Gasteiger partial charge in [0, 0.05) is 40.9 Å². The van der Waals surface area contributed by atoms with Crippen LogP contribution in [0, 0.1) is 0 Å². The Balaban J connectivity index is 2.54. The molecule has 0 unspecified atom stereocenters. The number of carbonyl (C=O) groups is 1. The summed E-state index contributed by atoms with van der Waals surface area (Å²) in [6.45, 7) is 9.58. The van der Waals surface area contributed by atoms with Crippen molar-refractivity contribution in [3.63, 3.8) is 0 Å². The number of hydrogen-bond acceptors (Lipinski definition) is 4. The fourth-order valence-corrected chi connectivity index (χ4v) is 4.10. The van der Waals surface area contributed by atoms with E-state index >= 15 is 0 Å². The summed E-state index contributed by atoms with van der Waals surface area (Å²) >= 11 is 0. The van der Waals surface area contributed by atoms with E-state index < -0.39 is 15.3 Å². The van der Waals surface area contributed by atoms with Gasteiger partial charge < -0.3 is 9.64 Å². The number of amides is 1. The zero-order valence-corrected chi connectivity index (χ0v) is 14.9. The average Bonchev–Trinajstić information content (AvgIpc) is 2.37. The van der Waals surface area contributed by atoms with E-state index in [2.05, 4.69) is 11.3 Å². The minimum Gasteiger partial charge on any atom is -0.444 e. The molecule has 0 aliphatic carbocycles. The van der Waals surface area contributed by atoms with E-state index in [0.29, 0.717) is 19.6 Å². The summed E-state index contributed by atoms with van der Waals surface area (Å²) in [6, 6.07) is 0. The predicted octanol–water partition coefficient (Wildman–Crippen LogP) is 3.28. The molecule has 0 bridgehead atoms. The monoisotopic (exact) mass is 318 g/mol. The molecule has 0 aromatic carbocycles. The molecule has 0 saturated carbocycles. The van der Waals surface area contributed by atoms with E-state index in [-0.39, 0.29) is 11.3 Å². The third-order valence-electron chi connectivity index (χ3n) is 3.57. The van der Waals surface area contributed by atoms with Crippen molar-refractivity contribution < 1.29 is 13.7 Å². The number of piperidine rings is 1. The second-order valence-corrected chi connectivity index (χ2v) is 9.38. The molecule has 1 aliphatic rings. The molecule has 5 nitrogen and oxygen atoms in total. The van der Waals surface area contributed by atoms with E-state index in [1.807, 2.05) is 20.8 Å². The molecular weight excluding hydrogens is 288 g/mol. The van der Waals surface area contributed by atoms with E-state index in [4.69, 9.17) is 4.74 Å². The van der Waals surface area contributed by atoms with Gasteiger partial charge in [-0.25, -0.2) is 13.4 Å². The molecule has 21 heavy (non-hydrogen) atoms. The van der Waals surface area contributed by atoms with Gasteiger partial charge >= 0.3 is 6.09 Å². The predicted molar refractivity (Wildman–Crippen MR) is 87.1 cm³/mol. The molecule has 0 aromatic rings. The lowest BCUT2D eigenvalue weighted by Crippen LogP contribution is -2.44. The third-order valence-corrected chi connectivity index (χ3v) is 5.98. The van der Waals surface area contributed by atoms with Gasteiger partial charge in [0.2, 0.25) is 0 Å². The Kier molecular flexibility index (Phi) is 6.50. The first-order chi connectivity index (χ1) is 9.65. The molecule has 1 aliphatic heterocycles. The van der Waals surface area contributed by atoms with Gasteiger partial charge in [0.25, 0.3) is 0 Å². The Hall–Kier alpha value is -0.780. The van der Waals surface area contributed by atoms with Crippen molar-refractivity contribution in [1.82, 2.24) is 4.90 Å². The number of ether oxygens (including phenoxy) is 1. The highest BCUT2D eigenvalue weighted by molar-refractivity contribution is 7.93. The second-order valence-electron chi connectivity index (χ2n) is 6.73. The molecule has 124 valence electrons. The van der Waals surface area contributed by atoms with Gasteiger partial charge in [0.15, 0.2) is 0 Å². The van der Waals surface area contributed by atoms with Crippen molar-refractivity contribution in [2.45, 2.75) is 64.2 Å². The number of hydrogen-bond donors (Lipinski definition) is 0. The van der Waals surface area contributed by atoms with Gasteiger partial charge in [0.05, 0.1) is 0 Å². The molecule has 1 rings (SSSR count). The minimum absolute atomic E-state index is 0.0908. The van der Waals surface area contributed by atoms with Crippen LogP contribution in [0.4, 0.5) is 4.79 Å². The second kappa shape index (κ2) is 7.47. The molecule has 0 N–H and O–H groups in total. The summed E-state index contributed by atoms with van der Waals surface area (Å²) in [5.74, 6) is 0. The van der Waals surface area contributed by atoms with Crippen LogP contribution in [-0.2, 0) is 14.5 Å². The lowest BCUT2D eigenvalue weighted by molar-refractivity contribution is 0.0218. The number of likely N-dealkylation sites (tertiary alicyclic amines) is 1. The maximum absolute atomic E-state index is 12.6. The fourth-order valence-electron chi connectivity index (χ4n) is 2.31. The number of carbonyl (C=O) groups excluding carboxylic acids is 1. The van der Waals surface area contributed by atoms with Crippen LogP contribution < -0.4 is 0 Å². The molecule has 1 fully saturated rings. The van der Waals surface area contributed by atoms with E-state index in [9.17, 15) is 9.00 Å². The molecule has 6 heteroatoms. The average molecular weight is 318 g/mol. The van der Waals surface area contributed by atoms with Crippen molar-refractivity contribution in [3.8, 4) is 0 Å². The summed E-state index contributed by atoms with van der Waals surface area (Å²) in [6.07, 6.45) is 5.02. The standard InChI is InChI=1S/C15H30N2O3S/c1-6-7-10-16-21(5,19)13-8-11-17(12-9-13)14(18)20-15(2,3)4/h13H,6-12H2,1-5H3/t21-/m1/s1. The van der Waals surface area contributed by atoms with Gasteiger partial charge in [0.1, 0.15) is 5.60 Å². The summed E-state index contributed by atoms with van der Waals surface area (Å²) in [4.78, 5) is 13.7.